The lowest BCUT2D eigenvalue weighted by Gasteiger charge is -2.23. The Hall–Kier alpha value is -0.740. The molecule has 0 radical (unpaired) electrons. The van der Waals surface area contributed by atoms with Gasteiger partial charge in [0.05, 0.1) is 5.54 Å². The highest BCUT2D eigenvalue weighted by atomic mass is 35.5. The smallest absolute Gasteiger partial charge is 0.256 e. The van der Waals surface area contributed by atoms with Crippen LogP contribution >= 0.6 is 11.6 Å². The quantitative estimate of drug-likeness (QED) is 0.859. The molecule has 1 aromatic carbocycles. The lowest BCUT2D eigenvalue weighted by molar-refractivity contribution is 0.0639. The Labute approximate surface area is 91.0 Å². The van der Waals surface area contributed by atoms with Gasteiger partial charge in [0, 0.05) is 5.02 Å². The summed E-state index contributed by atoms with van der Waals surface area (Å²) < 4.78 is 37.6. The minimum absolute atomic E-state index is 0.0935. The molecule has 0 fully saturated rings. The first-order valence-corrected chi connectivity index (χ1v) is 4.71. The van der Waals surface area contributed by atoms with Gasteiger partial charge in [-0.1, -0.05) is 17.7 Å². The van der Waals surface area contributed by atoms with Crippen LogP contribution in [0.15, 0.2) is 18.2 Å². The minimum atomic E-state index is -2.65. The number of benzene rings is 1. The third kappa shape index (κ3) is 3.11. The summed E-state index contributed by atoms with van der Waals surface area (Å²) in [6.07, 6.45) is -2.75. The van der Waals surface area contributed by atoms with Crippen molar-refractivity contribution < 1.29 is 13.2 Å². The average Bonchev–Trinajstić information content (AvgIpc) is 2.09. The minimum Gasteiger partial charge on any atom is -0.320 e. The van der Waals surface area contributed by atoms with Crippen molar-refractivity contribution >= 4 is 11.6 Å². The van der Waals surface area contributed by atoms with Gasteiger partial charge in [0.1, 0.15) is 5.82 Å². The molecule has 5 heteroatoms. The van der Waals surface area contributed by atoms with E-state index in [9.17, 15) is 13.2 Å². The van der Waals surface area contributed by atoms with Gasteiger partial charge in [-0.25, -0.2) is 13.2 Å². The van der Waals surface area contributed by atoms with Crippen LogP contribution in [-0.2, 0) is 6.42 Å². The van der Waals surface area contributed by atoms with E-state index in [1.165, 1.54) is 19.1 Å². The van der Waals surface area contributed by atoms with Crippen molar-refractivity contribution in [1.29, 1.82) is 0 Å². The highest BCUT2D eigenvalue weighted by Crippen LogP contribution is 2.24. The fourth-order valence-electron chi connectivity index (χ4n) is 1.15. The standard InChI is InChI=1S/C10H11ClF3N/c1-10(15,9(13)14)5-6-2-3-7(12)4-8(6)11/h2-4,9H,5,15H2,1H3. The Kier molecular flexibility index (Phi) is 3.62. The lowest BCUT2D eigenvalue weighted by atomic mass is 9.94. The molecule has 1 atom stereocenters. The summed E-state index contributed by atoms with van der Waals surface area (Å²) in [6, 6.07) is 3.62. The van der Waals surface area contributed by atoms with E-state index in [0.717, 1.165) is 6.07 Å². The summed E-state index contributed by atoms with van der Waals surface area (Å²) in [5, 5.41) is 0.118. The van der Waals surface area contributed by atoms with Gasteiger partial charge in [0.2, 0.25) is 0 Å². The molecule has 2 N–H and O–H groups in total. The van der Waals surface area contributed by atoms with Gasteiger partial charge in [0.25, 0.3) is 6.43 Å². The third-order valence-electron chi connectivity index (χ3n) is 2.08. The molecule has 84 valence electrons. The first-order valence-electron chi connectivity index (χ1n) is 4.34. The topological polar surface area (TPSA) is 26.0 Å². The third-order valence-corrected chi connectivity index (χ3v) is 2.44. The van der Waals surface area contributed by atoms with Gasteiger partial charge < -0.3 is 5.73 Å². The Balaban J connectivity index is 2.90. The Morgan fingerprint density at radius 1 is 1.47 bits per heavy atom. The maximum absolute atomic E-state index is 12.7. The number of halogens is 4. The normalized spacial score (nSPS) is 15.4. The van der Waals surface area contributed by atoms with Crippen LogP contribution in [0.5, 0.6) is 0 Å². The molecule has 1 rings (SSSR count). The molecule has 0 aromatic heterocycles. The Morgan fingerprint density at radius 2 is 2.07 bits per heavy atom. The van der Waals surface area contributed by atoms with E-state index in [2.05, 4.69) is 0 Å². The second-order valence-corrected chi connectivity index (χ2v) is 4.13. The van der Waals surface area contributed by atoms with Crippen LogP contribution in [0.2, 0.25) is 5.02 Å². The van der Waals surface area contributed by atoms with E-state index in [4.69, 9.17) is 17.3 Å². The molecular formula is C10H11ClF3N. The van der Waals surface area contributed by atoms with Crippen LogP contribution in [0.1, 0.15) is 12.5 Å². The van der Waals surface area contributed by atoms with E-state index >= 15 is 0 Å². The molecule has 1 aromatic rings. The predicted molar refractivity (Wildman–Crippen MR) is 53.7 cm³/mol. The molecule has 0 aliphatic carbocycles. The first-order chi connectivity index (χ1) is 6.83. The van der Waals surface area contributed by atoms with E-state index in [1.54, 1.807) is 0 Å². The van der Waals surface area contributed by atoms with Crippen LogP contribution in [0.4, 0.5) is 13.2 Å². The number of hydrogen-bond acceptors (Lipinski definition) is 1. The number of nitrogens with two attached hydrogens (primary N) is 1. The van der Waals surface area contributed by atoms with Gasteiger partial charge in [-0.2, -0.15) is 0 Å². The number of rotatable bonds is 3. The number of alkyl halides is 2. The first kappa shape index (κ1) is 12.3. The van der Waals surface area contributed by atoms with Crippen LogP contribution in [-0.4, -0.2) is 12.0 Å². The zero-order chi connectivity index (χ0) is 11.6. The summed E-state index contributed by atoms with van der Waals surface area (Å²) in [6.45, 7) is 1.23. The van der Waals surface area contributed by atoms with E-state index in [0.29, 0.717) is 5.56 Å². The summed E-state index contributed by atoms with van der Waals surface area (Å²) in [5.41, 5.74) is 4.16. The second-order valence-electron chi connectivity index (χ2n) is 3.72. The molecule has 0 spiro atoms. The maximum Gasteiger partial charge on any atom is 0.256 e. The molecule has 0 heterocycles. The predicted octanol–water partition coefficient (Wildman–Crippen LogP) is 3.00. The molecule has 0 amide bonds. The summed E-state index contributed by atoms with van der Waals surface area (Å²) in [4.78, 5) is 0. The fourth-order valence-corrected chi connectivity index (χ4v) is 1.39. The Morgan fingerprint density at radius 3 is 2.53 bits per heavy atom. The fraction of sp³-hybridized carbons (Fsp3) is 0.400. The molecule has 0 aliphatic rings. The molecule has 0 aliphatic heterocycles. The summed E-state index contributed by atoms with van der Waals surface area (Å²) in [7, 11) is 0. The van der Waals surface area contributed by atoms with Gasteiger partial charge >= 0.3 is 0 Å². The monoisotopic (exact) mass is 237 g/mol. The van der Waals surface area contributed by atoms with Crippen molar-refractivity contribution in [3.63, 3.8) is 0 Å². The molecule has 0 bridgehead atoms. The molecule has 0 saturated heterocycles. The van der Waals surface area contributed by atoms with E-state index in [-0.39, 0.29) is 11.4 Å². The highest BCUT2D eigenvalue weighted by Gasteiger charge is 2.31. The van der Waals surface area contributed by atoms with Crippen molar-refractivity contribution in [2.45, 2.75) is 25.3 Å². The molecule has 1 unspecified atom stereocenters. The largest absolute Gasteiger partial charge is 0.320 e. The van der Waals surface area contributed by atoms with Crippen molar-refractivity contribution in [2.75, 3.05) is 0 Å². The van der Waals surface area contributed by atoms with Gasteiger partial charge in [0.15, 0.2) is 0 Å². The van der Waals surface area contributed by atoms with Crippen molar-refractivity contribution in [1.82, 2.24) is 0 Å². The van der Waals surface area contributed by atoms with Crippen LogP contribution in [0, 0.1) is 5.82 Å². The van der Waals surface area contributed by atoms with Crippen LogP contribution in [0.25, 0.3) is 0 Å². The van der Waals surface area contributed by atoms with Gasteiger partial charge in [-0.15, -0.1) is 0 Å². The van der Waals surface area contributed by atoms with Crippen molar-refractivity contribution in [2.24, 2.45) is 5.73 Å². The van der Waals surface area contributed by atoms with Crippen LogP contribution < -0.4 is 5.73 Å². The SMILES string of the molecule is CC(N)(Cc1ccc(F)cc1Cl)C(F)F. The molecule has 1 nitrogen and oxygen atoms in total. The zero-order valence-corrected chi connectivity index (χ0v) is 8.86. The molecular weight excluding hydrogens is 227 g/mol. The number of hydrogen-bond donors (Lipinski definition) is 1. The lowest BCUT2D eigenvalue weighted by Crippen LogP contribution is -2.45. The molecule has 15 heavy (non-hydrogen) atoms. The van der Waals surface area contributed by atoms with Crippen molar-refractivity contribution in [3.05, 3.63) is 34.6 Å². The van der Waals surface area contributed by atoms with E-state index in [1.807, 2.05) is 0 Å². The summed E-state index contributed by atoms with van der Waals surface area (Å²) in [5.74, 6) is -0.500. The maximum atomic E-state index is 12.7. The zero-order valence-electron chi connectivity index (χ0n) is 8.11. The summed E-state index contributed by atoms with van der Waals surface area (Å²) >= 11 is 5.70. The Bertz CT molecular complexity index is 353. The second kappa shape index (κ2) is 4.41. The van der Waals surface area contributed by atoms with Crippen LogP contribution in [0.3, 0.4) is 0 Å². The average molecular weight is 238 g/mol. The van der Waals surface area contributed by atoms with Gasteiger partial charge in [-0.05, 0) is 31.0 Å². The van der Waals surface area contributed by atoms with E-state index < -0.39 is 17.8 Å². The molecule has 0 saturated carbocycles. The van der Waals surface area contributed by atoms with Gasteiger partial charge in [-0.3, -0.25) is 0 Å². The van der Waals surface area contributed by atoms with Crippen molar-refractivity contribution in [3.8, 4) is 0 Å². The highest BCUT2D eigenvalue weighted by molar-refractivity contribution is 6.31.